The number of halogens is 1. The van der Waals surface area contributed by atoms with Crippen molar-refractivity contribution in [3.63, 3.8) is 0 Å². The summed E-state index contributed by atoms with van der Waals surface area (Å²) in [6.07, 6.45) is 3.55. The lowest BCUT2D eigenvalue weighted by Crippen LogP contribution is -2.60. The SMILES string of the molecule is C=CCN(C(=O)C1N([C@@H](CO)[C@@H](C)CC)C(=O)[C@@H]2[C@@H](C(=O)O)[C@@]3(CC)CCC12O3)c1ccc(Cl)cc1. The minimum absolute atomic E-state index is 0.117. The third-order valence-corrected chi connectivity index (χ3v) is 8.93. The maximum Gasteiger partial charge on any atom is 0.310 e. The number of ether oxygens (including phenoxy) is 1. The number of nitrogens with zero attached hydrogens (tertiary/aromatic N) is 2. The molecule has 196 valence electrons. The number of carbonyl (C=O) groups excluding carboxylic acids is 2. The number of carbonyl (C=O) groups is 3. The first-order chi connectivity index (χ1) is 17.1. The highest BCUT2D eigenvalue weighted by molar-refractivity contribution is 6.30. The molecule has 1 spiro atoms. The highest BCUT2D eigenvalue weighted by Crippen LogP contribution is 2.64. The summed E-state index contributed by atoms with van der Waals surface area (Å²) in [6, 6.07) is 5.08. The first kappa shape index (κ1) is 26.6. The van der Waals surface area contributed by atoms with Gasteiger partial charge in [-0.1, -0.05) is 44.9 Å². The fraction of sp³-hybridized carbons (Fsp3) is 0.593. The third-order valence-electron chi connectivity index (χ3n) is 8.68. The molecule has 0 saturated carbocycles. The average Bonchev–Trinajstić information content (AvgIpc) is 3.47. The van der Waals surface area contributed by atoms with Gasteiger partial charge >= 0.3 is 5.97 Å². The van der Waals surface area contributed by atoms with E-state index in [1.54, 1.807) is 30.3 Å². The van der Waals surface area contributed by atoms with Gasteiger partial charge in [0.1, 0.15) is 17.6 Å². The molecule has 1 aromatic rings. The molecule has 9 heteroatoms. The lowest BCUT2D eigenvalue weighted by molar-refractivity contribution is -0.158. The molecule has 3 heterocycles. The number of anilines is 1. The number of benzene rings is 1. The number of likely N-dealkylation sites (tertiary alicyclic amines) is 1. The highest BCUT2D eigenvalue weighted by atomic mass is 35.5. The van der Waals surface area contributed by atoms with Crippen molar-refractivity contribution < 1.29 is 29.3 Å². The molecule has 2 N–H and O–H groups in total. The van der Waals surface area contributed by atoms with E-state index in [9.17, 15) is 24.6 Å². The van der Waals surface area contributed by atoms with Gasteiger partial charge in [-0.15, -0.1) is 6.58 Å². The van der Waals surface area contributed by atoms with E-state index in [-0.39, 0.29) is 25.0 Å². The summed E-state index contributed by atoms with van der Waals surface area (Å²) < 4.78 is 6.60. The van der Waals surface area contributed by atoms with Crippen molar-refractivity contribution in [3.8, 4) is 0 Å². The Morgan fingerprint density at radius 3 is 2.50 bits per heavy atom. The Balaban J connectivity index is 1.88. The molecule has 2 unspecified atom stereocenters. The Bertz CT molecular complexity index is 1050. The summed E-state index contributed by atoms with van der Waals surface area (Å²) in [4.78, 5) is 44.1. The minimum Gasteiger partial charge on any atom is -0.481 e. The molecule has 7 atom stereocenters. The van der Waals surface area contributed by atoms with Crippen molar-refractivity contribution in [1.82, 2.24) is 4.90 Å². The van der Waals surface area contributed by atoms with Crippen molar-refractivity contribution >= 4 is 35.1 Å². The molecule has 1 aromatic carbocycles. The zero-order valence-electron chi connectivity index (χ0n) is 21.0. The predicted octanol–water partition coefficient (Wildman–Crippen LogP) is 3.51. The average molecular weight is 519 g/mol. The molecule has 0 aliphatic carbocycles. The zero-order chi connectivity index (χ0) is 26.4. The Morgan fingerprint density at radius 1 is 1.31 bits per heavy atom. The Morgan fingerprint density at radius 2 is 1.97 bits per heavy atom. The van der Waals surface area contributed by atoms with Crippen LogP contribution in [0.4, 0.5) is 5.69 Å². The number of aliphatic hydroxyl groups is 1. The lowest BCUT2D eigenvalue weighted by Gasteiger charge is -2.41. The van der Waals surface area contributed by atoms with E-state index in [2.05, 4.69) is 6.58 Å². The highest BCUT2D eigenvalue weighted by Gasteiger charge is 2.79. The van der Waals surface area contributed by atoms with Crippen LogP contribution >= 0.6 is 11.6 Å². The molecule has 2 bridgehead atoms. The van der Waals surface area contributed by atoms with Crippen LogP contribution in [0.1, 0.15) is 46.5 Å². The molecule has 4 rings (SSSR count). The van der Waals surface area contributed by atoms with Crippen LogP contribution in [0.15, 0.2) is 36.9 Å². The number of aliphatic hydroxyl groups excluding tert-OH is 1. The molecule has 3 saturated heterocycles. The molecule has 3 aliphatic heterocycles. The smallest absolute Gasteiger partial charge is 0.310 e. The summed E-state index contributed by atoms with van der Waals surface area (Å²) in [5.74, 6) is -4.06. The van der Waals surface area contributed by atoms with Gasteiger partial charge in [-0.25, -0.2) is 0 Å². The summed E-state index contributed by atoms with van der Waals surface area (Å²) in [6.45, 7) is 9.37. The van der Waals surface area contributed by atoms with Gasteiger partial charge in [0.15, 0.2) is 0 Å². The second-order valence-corrected chi connectivity index (χ2v) is 10.7. The van der Waals surface area contributed by atoms with Gasteiger partial charge in [-0.05, 0) is 49.4 Å². The van der Waals surface area contributed by atoms with Crippen molar-refractivity contribution in [1.29, 1.82) is 0 Å². The normalized spacial score (nSPS) is 32.3. The quantitative estimate of drug-likeness (QED) is 0.459. The van der Waals surface area contributed by atoms with Gasteiger partial charge in [0.25, 0.3) is 5.91 Å². The van der Waals surface area contributed by atoms with E-state index in [1.807, 2.05) is 20.8 Å². The number of hydrogen-bond acceptors (Lipinski definition) is 5. The zero-order valence-corrected chi connectivity index (χ0v) is 21.8. The Hall–Kier alpha value is -2.42. The molecular weight excluding hydrogens is 484 g/mol. The van der Waals surface area contributed by atoms with E-state index < -0.39 is 47.0 Å². The van der Waals surface area contributed by atoms with Crippen LogP contribution in [0.25, 0.3) is 0 Å². The van der Waals surface area contributed by atoms with Crippen LogP contribution in [0.2, 0.25) is 5.02 Å². The topological polar surface area (TPSA) is 107 Å². The van der Waals surface area contributed by atoms with Crippen LogP contribution < -0.4 is 4.90 Å². The molecule has 0 aromatic heterocycles. The molecular formula is C27H35ClN2O6. The van der Waals surface area contributed by atoms with E-state index >= 15 is 0 Å². The number of rotatable bonds is 10. The Labute approximate surface area is 216 Å². The minimum atomic E-state index is -1.28. The molecule has 3 fully saturated rings. The van der Waals surface area contributed by atoms with Crippen molar-refractivity contribution in [2.75, 3.05) is 18.1 Å². The van der Waals surface area contributed by atoms with Crippen LogP contribution in [0.3, 0.4) is 0 Å². The van der Waals surface area contributed by atoms with Gasteiger partial charge in [-0.2, -0.15) is 0 Å². The second-order valence-electron chi connectivity index (χ2n) is 10.3. The molecule has 2 amide bonds. The molecule has 3 aliphatic rings. The van der Waals surface area contributed by atoms with Crippen LogP contribution in [-0.4, -0.2) is 69.3 Å². The predicted molar refractivity (Wildman–Crippen MR) is 136 cm³/mol. The second kappa shape index (κ2) is 9.80. The number of hydrogen-bond donors (Lipinski definition) is 2. The number of carboxylic acid groups (broad SMARTS) is 1. The van der Waals surface area contributed by atoms with E-state index in [0.29, 0.717) is 36.4 Å². The van der Waals surface area contributed by atoms with Gasteiger partial charge in [-0.3, -0.25) is 14.4 Å². The molecule has 0 radical (unpaired) electrons. The maximum atomic E-state index is 14.4. The first-order valence-electron chi connectivity index (χ1n) is 12.7. The van der Waals surface area contributed by atoms with Gasteiger partial charge in [0.2, 0.25) is 5.91 Å². The Kier molecular flexibility index (Phi) is 7.25. The summed E-state index contributed by atoms with van der Waals surface area (Å²) in [5.41, 5.74) is -1.70. The largest absolute Gasteiger partial charge is 0.481 e. The fourth-order valence-corrected chi connectivity index (χ4v) is 6.83. The number of fused-ring (bicyclic) bond motifs is 1. The van der Waals surface area contributed by atoms with E-state index in [4.69, 9.17) is 16.3 Å². The third kappa shape index (κ3) is 3.76. The van der Waals surface area contributed by atoms with Crippen molar-refractivity contribution in [2.45, 2.75) is 69.7 Å². The maximum absolute atomic E-state index is 14.4. The molecule has 36 heavy (non-hydrogen) atoms. The summed E-state index contributed by atoms with van der Waals surface area (Å²) >= 11 is 6.07. The first-order valence-corrected chi connectivity index (χ1v) is 13.0. The molecule has 8 nitrogen and oxygen atoms in total. The number of amides is 2. The number of carboxylic acids is 1. The van der Waals surface area contributed by atoms with Crippen molar-refractivity contribution in [2.24, 2.45) is 17.8 Å². The van der Waals surface area contributed by atoms with E-state index in [0.717, 1.165) is 0 Å². The monoisotopic (exact) mass is 518 g/mol. The number of aliphatic carboxylic acids is 1. The van der Waals surface area contributed by atoms with Gasteiger partial charge < -0.3 is 24.7 Å². The van der Waals surface area contributed by atoms with Crippen LogP contribution in [-0.2, 0) is 19.1 Å². The standard InChI is InChI=1S/C27H35ClN2O6/c1-5-14-29(18-10-8-17(28)9-11-18)24(33)22-27-13-12-26(7-3,36-27)21(25(34)35)20(27)23(32)30(22)19(15-31)16(4)6-2/h5,8-11,16,19-22,31H,1,6-7,12-15H2,2-4H3,(H,34,35)/t16-,19-,20-,21-,22?,26+,27?/m0/s1. The van der Waals surface area contributed by atoms with E-state index in [1.165, 1.54) is 9.80 Å². The van der Waals surface area contributed by atoms with Gasteiger partial charge in [0, 0.05) is 17.3 Å². The van der Waals surface area contributed by atoms with Gasteiger partial charge in [0.05, 0.1) is 24.2 Å². The van der Waals surface area contributed by atoms with Crippen LogP contribution in [0, 0.1) is 17.8 Å². The summed E-state index contributed by atoms with van der Waals surface area (Å²) in [7, 11) is 0. The van der Waals surface area contributed by atoms with Crippen molar-refractivity contribution in [3.05, 3.63) is 41.9 Å². The lowest BCUT2D eigenvalue weighted by atomic mass is 9.65. The summed E-state index contributed by atoms with van der Waals surface area (Å²) in [5, 5.41) is 21.1. The fourth-order valence-electron chi connectivity index (χ4n) is 6.70. The van der Waals surface area contributed by atoms with Crippen LogP contribution in [0.5, 0.6) is 0 Å².